The highest BCUT2D eigenvalue weighted by Gasteiger charge is 2.23. The van der Waals surface area contributed by atoms with Crippen molar-refractivity contribution in [1.29, 1.82) is 0 Å². The summed E-state index contributed by atoms with van der Waals surface area (Å²) in [6.07, 6.45) is 1.77. The van der Waals surface area contributed by atoms with Crippen molar-refractivity contribution in [2.75, 3.05) is 26.2 Å². The van der Waals surface area contributed by atoms with Crippen LogP contribution < -0.4 is 4.74 Å². The summed E-state index contributed by atoms with van der Waals surface area (Å²) in [4.78, 5) is 16.9. The SMILES string of the molecule is Cc1ccc(C)c(OCn2ccc(C(=O)N3CCN(Cc4ccc(F)cc4)CC3)n2)c1. The van der Waals surface area contributed by atoms with Crippen molar-refractivity contribution in [1.82, 2.24) is 19.6 Å². The Morgan fingerprint density at radius 1 is 1.03 bits per heavy atom. The van der Waals surface area contributed by atoms with Gasteiger partial charge in [-0.3, -0.25) is 9.69 Å². The molecule has 3 aromatic rings. The fourth-order valence-corrected chi connectivity index (χ4v) is 3.67. The molecule has 2 aromatic carbocycles. The first-order valence-corrected chi connectivity index (χ1v) is 10.5. The molecule has 4 rings (SSSR count). The van der Waals surface area contributed by atoms with E-state index in [4.69, 9.17) is 4.74 Å². The lowest BCUT2D eigenvalue weighted by molar-refractivity contribution is 0.0620. The lowest BCUT2D eigenvalue weighted by Gasteiger charge is -2.34. The average molecular weight is 423 g/mol. The fraction of sp³-hybridized carbons (Fsp3) is 0.333. The van der Waals surface area contributed by atoms with E-state index in [2.05, 4.69) is 10.00 Å². The van der Waals surface area contributed by atoms with Crippen LogP contribution in [-0.2, 0) is 13.3 Å². The van der Waals surface area contributed by atoms with Crippen molar-refractivity contribution in [2.24, 2.45) is 0 Å². The predicted octanol–water partition coefficient (Wildman–Crippen LogP) is 3.63. The molecule has 2 heterocycles. The molecule has 0 radical (unpaired) electrons. The lowest BCUT2D eigenvalue weighted by atomic mass is 10.1. The van der Waals surface area contributed by atoms with Crippen LogP contribution in [0.5, 0.6) is 5.75 Å². The average Bonchev–Trinajstić information content (AvgIpc) is 3.25. The number of piperazine rings is 1. The van der Waals surface area contributed by atoms with Crippen molar-refractivity contribution < 1.29 is 13.9 Å². The number of nitrogens with zero attached hydrogens (tertiary/aromatic N) is 4. The summed E-state index contributed by atoms with van der Waals surface area (Å²) < 4.78 is 20.6. The molecule has 1 aromatic heterocycles. The number of halogens is 1. The molecule has 0 spiro atoms. The normalized spacial score (nSPS) is 14.6. The van der Waals surface area contributed by atoms with E-state index in [1.54, 1.807) is 29.1 Å². The maximum Gasteiger partial charge on any atom is 0.274 e. The number of aromatic nitrogens is 2. The van der Waals surface area contributed by atoms with Gasteiger partial charge in [0.2, 0.25) is 0 Å². The molecule has 0 bridgehead atoms. The molecule has 1 amide bonds. The van der Waals surface area contributed by atoms with Gasteiger partial charge in [0, 0.05) is 38.9 Å². The van der Waals surface area contributed by atoms with E-state index in [9.17, 15) is 9.18 Å². The van der Waals surface area contributed by atoms with Crippen molar-refractivity contribution in [3.8, 4) is 5.75 Å². The zero-order valence-corrected chi connectivity index (χ0v) is 17.9. The summed E-state index contributed by atoms with van der Waals surface area (Å²) in [7, 11) is 0. The van der Waals surface area contributed by atoms with Gasteiger partial charge in [-0.1, -0.05) is 24.3 Å². The second-order valence-electron chi connectivity index (χ2n) is 7.98. The van der Waals surface area contributed by atoms with E-state index in [1.807, 2.05) is 36.9 Å². The number of carbonyl (C=O) groups excluding carboxylic acids is 1. The molecule has 1 fully saturated rings. The van der Waals surface area contributed by atoms with Crippen LogP contribution in [0.1, 0.15) is 27.2 Å². The Balaban J connectivity index is 1.29. The molecule has 0 N–H and O–H groups in total. The first kappa shape index (κ1) is 21.1. The maximum absolute atomic E-state index is 13.1. The summed E-state index contributed by atoms with van der Waals surface area (Å²) in [5, 5.41) is 4.40. The standard InChI is InChI=1S/C24H27FN4O2/c1-18-3-4-19(2)23(15-18)31-17-29-10-9-22(26-29)24(30)28-13-11-27(12-14-28)16-20-5-7-21(25)8-6-20/h3-10,15H,11-14,16-17H2,1-2H3. The van der Waals surface area contributed by atoms with Gasteiger partial charge in [-0.15, -0.1) is 0 Å². The second-order valence-corrected chi connectivity index (χ2v) is 7.98. The molecule has 0 aliphatic carbocycles. The third-order valence-corrected chi connectivity index (χ3v) is 5.53. The fourth-order valence-electron chi connectivity index (χ4n) is 3.67. The van der Waals surface area contributed by atoms with E-state index >= 15 is 0 Å². The summed E-state index contributed by atoms with van der Waals surface area (Å²) in [5.74, 6) is 0.533. The Labute approximate surface area is 181 Å². The number of rotatable bonds is 6. The molecule has 6 nitrogen and oxygen atoms in total. The summed E-state index contributed by atoms with van der Waals surface area (Å²) in [6, 6.07) is 14.4. The molecule has 0 saturated carbocycles. The van der Waals surface area contributed by atoms with Gasteiger partial charge in [0.05, 0.1) is 0 Å². The molecule has 7 heteroatoms. The van der Waals surface area contributed by atoms with Crippen LogP contribution in [0.3, 0.4) is 0 Å². The van der Waals surface area contributed by atoms with Crippen molar-refractivity contribution in [2.45, 2.75) is 27.1 Å². The Morgan fingerprint density at radius 3 is 2.52 bits per heavy atom. The van der Waals surface area contributed by atoms with Crippen LogP contribution in [0, 0.1) is 19.7 Å². The minimum atomic E-state index is -0.224. The van der Waals surface area contributed by atoms with Gasteiger partial charge in [-0.05, 0) is 54.8 Å². The monoisotopic (exact) mass is 422 g/mol. The van der Waals surface area contributed by atoms with Crippen LogP contribution in [0.4, 0.5) is 4.39 Å². The number of hydrogen-bond donors (Lipinski definition) is 0. The second kappa shape index (κ2) is 9.31. The highest BCUT2D eigenvalue weighted by atomic mass is 19.1. The number of amides is 1. The largest absolute Gasteiger partial charge is 0.471 e. The van der Waals surface area contributed by atoms with E-state index in [0.29, 0.717) is 18.8 Å². The van der Waals surface area contributed by atoms with Crippen molar-refractivity contribution in [3.05, 3.63) is 82.9 Å². The number of aryl methyl sites for hydroxylation is 2. The molecular weight excluding hydrogens is 395 g/mol. The number of ether oxygens (including phenoxy) is 1. The first-order chi connectivity index (χ1) is 15.0. The Bertz CT molecular complexity index is 1040. The van der Waals surface area contributed by atoms with Crippen LogP contribution in [0.25, 0.3) is 0 Å². The van der Waals surface area contributed by atoms with E-state index < -0.39 is 0 Å². The number of benzene rings is 2. The van der Waals surface area contributed by atoms with Crippen LogP contribution in [0.2, 0.25) is 0 Å². The Hall–Kier alpha value is -3.19. The summed E-state index contributed by atoms with van der Waals surface area (Å²) in [5.41, 5.74) is 3.70. The molecule has 0 atom stereocenters. The Morgan fingerprint density at radius 2 is 1.77 bits per heavy atom. The minimum Gasteiger partial charge on any atom is -0.471 e. The van der Waals surface area contributed by atoms with E-state index in [-0.39, 0.29) is 18.5 Å². The Kier molecular flexibility index (Phi) is 6.32. The van der Waals surface area contributed by atoms with Gasteiger partial charge in [0.1, 0.15) is 11.6 Å². The van der Waals surface area contributed by atoms with Crippen LogP contribution in [-0.4, -0.2) is 51.7 Å². The lowest BCUT2D eigenvalue weighted by Crippen LogP contribution is -2.48. The van der Waals surface area contributed by atoms with Gasteiger partial charge in [-0.25, -0.2) is 9.07 Å². The van der Waals surface area contributed by atoms with Gasteiger partial charge in [-0.2, -0.15) is 5.10 Å². The highest BCUT2D eigenvalue weighted by Crippen LogP contribution is 2.19. The molecule has 0 unspecified atom stereocenters. The van der Waals surface area contributed by atoms with Gasteiger partial charge < -0.3 is 9.64 Å². The minimum absolute atomic E-state index is 0.0630. The van der Waals surface area contributed by atoms with Crippen LogP contribution in [0.15, 0.2) is 54.7 Å². The van der Waals surface area contributed by atoms with Gasteiger partial charge in [0.25, 0.3) is 5.91 Å². The van der Waals surface area contributed by atoms with Gasteiger partial charge >= 0.3 is 0 Å². The molecule has 1 saturated heterocycles. The molecular formula is C24H27FN4O2. The smallest absolute Gasteiger partial charge is 0.274 e. The highest BCUT2D eigenvalue weighted by molar-refractivity contribution is 5.92. The topological polar surface area (TPSA) is 50.6 Å². The third kappa shape index (κ3) is 5.30. The summed E-state index contributed by atoms with van der Waals surface area (Å²) >= 11 is 0. The van der Waals surface area contributed by atoms with E-state index in [1.165, 1.54) is 12.1 Å². The van der Waals surface area contributed by atoms with Crippen LogP contribution >= 0.6 is 0 Å². The zero-order valence-electron chi connectivity index (χ0n) is 17.9. The first-order valence-electron chi connectivity index (χ1n) is 10.5. The quantitative estimate of drug-likeness (QED) is 0.609. The number of hydrogen-bond acceptors (Lipinski definition) is 4. The molecule has 31 heavy (non-hydrogen) atoms. The summed E-state index contributed by atoms with van der Waals surface area (Å²) in [6.45, 7) is 7.88. The van der Waals surface area contributed by atoms with Crippen molar-refractivity contribution >= 4 is 5.91 Å². The molecule has 1 aliphatic rings. The van der Waals surface area contributed by atoms with E-state index in [0.717, 1.165) is 42.1 Å². The third-order valence-electron chi connectivity index (χ3n) is 5.53. The molecule has 1 aliphatic heterocycles. The van der Waals surface area contributed by atoms with Crippen molar-refractivity contribution in [3.63, 3.8) is 0 Å². The zero-order chi connectivity index (χ0) is 21.8. The molecule has 162 valence electrons. The maximum atomic E-state index is 13.1. The van der Waals surface area contributed by atoms with Gasteiger partial charge in [0.15, 0.2) is 12.4 Å². The predicted molar refractivity (Wildman–Crippen MR) is 116 cm³/mol. The number of carbonyl (C=O) groups is 1.